The molecule has 0 amide bonds. The number of allylic oxidation sites excluding steroid dienone is 6. The van der Waals surface area contributed by atoms with E-state index in [2.05, 4.69) is 50.3 Å². The van der Waals surface area contributed by atoms with Gasteiger partial charge in [0.05, 0.1) is 6.61 Å². The molecule has 0 spiro atoms. The molecule has 0 aliphatic heterocycles. The normalized spacial score (nSPS) is 12.5. The Morgan fingerprint density at radius 3 is 1.24 bits per heavy atom. The largest absolute Gasteiger partial charge is 0.462 e. The molecule has 0 unspecified atom stereocenters. The Labute approximate surface area is 310 Å². The molecule has 0 aliphatic rings. The predicted molar refractivity (Wildman–Crippen MR) is 214 cm³/mol. The monoisotopic (exact) mass is 703 g/mol. The van der Waals surface area contributed by atoms with E-state index in [1.54, 1.807) is 0 Å². The minimum Gasteiger partial charge on any atom is -0.462 e. The fourth-order valence-electron chi connectivity index (χ4n) is 6.15. The number of ether oxygens (including phenoxy) is 2. The molecule has 0 saturated heterocycles. The molecule has 0 radical (unpaired) electrons. The Kier molecular flexibility index (Phi) is 40.0. The van der Waals surface area contributed by atoms with Crippen molar-refractivity contribution in [1.29, 1.82) is 0 Å². The molecule has 0 aliphatic carbocycles. The van der Waals surface area contributed by atoms with E-state index in [1.165, 1.54) is 141 Å². The summed E-state index contributed by atoms with van der Waals surface area (Å²) in [6, 6.07) is 0. The van der Waals surface area contributed by atoms with Crippen LogP contribution in [0.2, 0.25) is 0 Å². The van der Waals surface area contributed by atoms with Gasteiger partial charge in [-0.25, -0.2) is 0 Å². The van der Waals surface area contributed by atoms with Crippen molar-refractivity contribution in [1.82, 2.24) is 0 Å². The number of unbranched alkanes of at least 4 members (excludes halogenated alkanes) is 25. The maximum Gasteiger partial charge on any atom is 0.306 e. The number of hydrogen-bond donors (Lipinski definition) is 1. The van der Waals surface area contributed by atoms with Crippen LogP contribution in [0, 0.1) is 0 Å². The van der Waals surface area contributed by atoms with Crippen LogP contribution in [0.3, 0.4) is 0 Å². The van der Waals surface area contributed by atoms with E-state index in [9.17, 15) is 14.7 Å². The van der Waals surface area contributed by atoms with Crippen LogP contribution in [0.1, 0.15) is 219 Å². The van der Waals surface area contributed by atoms with Crippen LogP contribution in [-0.2, 0) is 19.1 Å². The summed E-state index contributed by atoms with van der Waals surface area (Å²) in [6.07, 6.45) is 50.8. The first-order valence-corrected chi connectivity index (χ1v) is 21.5. The summed E-state index contributed by atoms with van der Waals surface area (Å²) >= 11 is 0. The minimum atomic E-state index is -0.788. The van der Waals surface area contributed by atoms with Gasteiger partial charge in [0.15, 0.2) is 6.10 Å². The second-order valence-corrected chi connectivity index (χ2v) is 14.4. The molecule has 0 saturated carbocycles. The van der Waals surface area contributed by atoms with Crippen LogP contribution >= 0.6 is 0 Å². The van der Waals surface area contributed by atoms with Crippen LogP contribution in [0.15, 0.2) is 36.5 Å². The van der Waals surface area contributed by atoms with Gasteiger partial charge in [0, 0.05) is 12.8 Å². The van der Waals surface area contributed by atoms with E-state index in [0.29, 0.717) is 12.8 Å². The van der Waals surface area contributed by atoms with Gasteiger partial charge in [0.1, 0.15) is 6.61 Å². The average Bonchev–Trinajstić information content (AvgIpc) is 3.12. The second kappa shape index (κ2) is 41.5. The first kappa shape index (κ1) is 48.1. The van der Waals surface area contributed by atoms with Gasteiger partial charge < -0.3 is 14.6 Å². The summed E-state index contributed by atoms with van der Waals surface area (Å²) in [5.74, 6) is -0.628. The smallest absolute Gasteiger partial charge is 0.306 e. The van der Waals surface area contributed by atoms with Crippen LogP contribution in [0.5, 0.6) is 0 Å². The Morgan fingerprint density at radius 1 is 0.460 bits per heavy atom. The first-order valence-electron chi connectivity index (χ1n) is 21.5. The predicted octanol–water partition coefficient (Wildman–Crippen LogP) is 13.6. The molecular weight excluding hydrogens is 620 g/mol. The molecule has 0 heterocycles. The number of aliphatic hydroxyl groups excluding tert-OH is 1. The fraction of sp³-hybridized carbons (Fsp3) is 0.822. The third kappa shape index (κ3) is 38.9. The summed E-state index contributed by atoms with van der Waals surface area (Å²) in [6.45, 7) is 4.09. The third-order valence-corrected chi connectivity index (χ3v) is 9.44. The third-order valence-electron chi connectivity index (χ3n) is 9.44. The van der Waals surface area contributed by atoms with Crippen LogP contribution in [0.4, 0.5) is 0 Å². The summed E-state index contributed by atoms with van der Waals surface area (Å²) < 4.78 is 10.6. The Balaban J connectivity index is 3.54. The number of hydrogen-bond acceptors (Lipinski definition) is 5. The van der Waals surface area contributed by atoms with Gasteiger partial charge in [-0.2, -0.15) is 0 Å². The lowest BCUT2D eigenvalue weighted by molar-refractivity contribution is -0.161. The van der Waals surface area contributed by atoms with Gasteiger partial charge in [0.2, 0.25) is 0 Å². The van der Waals surface area contributed by atoms with Crippen molar-refractivity contribution in [3.8, 4) is 0 Å². The topological polar surface area (TPSA) is 72.8 Å². The summed E-state index contributed by atoms with van der Waals surface area (Å²) in [5, 5.41) is 9.56. The Hall–Kier alpha value is -1.88. The molecule has 0 bridgehead atoms. The molecule has 0 fully saturated rings. The molecule has 0 aromatic heterocycles. The highest BCUT2D eigenvalue weighted by molar-refractivity contribution is 5.70. The van der Waals surface area contributed by atoms with Gasteiger partial charge in [-0.15, -0.1) is 0 Å². The van der Waals surface area contributed by atoms with E-state index in [1.807, 2.05) is 0 Å². The summed E-state index contributed by atoms with van der Waals surface area (Å²) in [4.78, 5) is 24.3. The molecule has 0 aromatic rings. The number of carbonyl (C=O) groups excluding carboxylic acids is 2. The van der Waals surface area contributed by atoms with Gasteiger partial charge in [-0.05, 0) is 51.4 Å². The number of aliphatic hydroxyl groups is 1. The van der Waals surface area contributed by atoms with Crippen LogP contribution in [0.25, 0.3) is 0 Å². The quantitative estimate of drug-likeness (QED) is 0.0392. The highest BCUT2D eigenvalue weighted by atomic mass is 16.6. The van der Waals surface area contributed by atoms with Gasteiger partial charge in [0.25, 0.3) is 0 Å². The maximum absolute atomic E-state index is 12.2. The molecule has 50 heavy (non-hydrogen) atoms. The molecule has 292 valence electrons. The van der Waals surface area contributed by atoms with Crippen LogP contribution in [-0.4, -0.2) is 36.4 Å². The van der Waals surface area contributed by atoms with E-state index in [4.69, 9.17) is 9.47 Å². The molecule has 5 heteroatoms. The SMILES string of the molecule is CCCCC/C=C\C/C=C\C/C=C\CCCCC(=O)O[C@@H](CO)COC(=O)CCCCCCCCCCCCCCCCCCCCCCC. The Bertz CT molecular complexity index is 801. The van der Waals surface area contributed by atoms with Gasteiger partial charge in [-0.1, -0.05) is 192 Å². The number of carbonyl (C=O) groups is 2. The molecule has 1 atom stereocenters. The van der Waals surface area contributed by atoms with Crippen molar-refractivity contribution in [3.63, 3.8) is 0 Å². The van der Waals surface area contributed by atoms with Crippen molar-refractivity contribution in [2.45, 2.75) is 225 Å². The van der Waals surface area contributed by atoms with Crippen molar-refractivity contribution < 1.29 is 24.2 Å². The molecular formula is C45H82O5. The highest BCUT2D eigenvalue weighted by Crippen LogP contribution is 2.15. The number of esters is 2. The lowest BCUT2D eigenvalue weighted by Crippen LogP contribution is -2.28. The van der Waals surface area contributed by atoms with Crippen molar-refractivity contribution in [2.75, 3.05) is 13.2 Å². The zero-order valence-electron chi connectivity index (χ0n) is 33.2. The van der Waals surface area contributed by atoms with Gasteiger partial charge >= 0.3 is 11.9 Å². The van der Waals surface area contributed by atoms with E-state index >= 15 is 0 Å². The standard InChI is InChI=1S/C45H82O5/c1-3-5-7-9-11-13-15-17-19-20-21-22-23-24-26-27-29-31-33-35-37-39-44(47)49-42-43(41-46)50-45(48)40-38-36-34-32-30-28-25-18-16-14-12-10-8-6-4-2/h12,14,18,25,30,32,43,46H,3-11,13,15-17,19-24,26-29,31,33-42H2,1-2H3/b14-12-,25-18-,32-30-/t43-/m0/s1. The minimum absolute atomic E-state index is 0.0781. The summed E-state index contributed by atoms with van der Waals surface area (Å²) in [7, 11) is 0. The van der Waals surface area contributed by atoms with Crippen molar-refractivity contribution >= 4 is 11.9 Å². The van der Waals surface area contributed by atoms with Crippen LogP contribution < -0.4 is 0 Å². The average molecular weight is 703 g/mol. The molecule has 0 aromatic carbocycles. The molecule has 0 rings (SSSR count). The number of rotatable bonds is 39. The maximum atomic E-state index is 12.2. The highest BCUT2D eigenvalue weighted by Gasteiger charge is 2.16. The van der Waals surface area contributed by atoms with Crippen molar-refractivity contribution in [2.24, 2.45) is 0 Å². The summed E-state index contributed by atoms with van der Waals surface area (Å²) in [5.41, 5.74) is 0. The van der Waals surface area contributed by atoms with E-state index in [-0.39, 0.29) is 25.2 Å². The molecule has 1 N–H and O–H groups in total. The van der Waals surface area contributed by atoms with E-state index < -0.39 is 6.10 Å². The fourth-order valence-corrected chi connectivity index (χ4v) is 6.15. The zero-order chi connectivity index (χ0) is 36.4. The van der Waals surface area contributed by atoms with Crippen molar-refractivity contribution in [3.05, 3.63) is 36.5 Å². The van der Waals surface area contributed by atoms with E-state index in [0.717, 1.165) is 51.4 Å². The van der Waals surface area contributed by atoms with Gasteiger partial charge in [-0.3, -0.25) is 9.59 Å². The lowest BCUT2D eigenvalue weighted by Gasteiger charge is -2.15. The zero-order valence-corrected chi connectivity index (χ0v) is 33.2. The first-order chi connectivity index (χ1) is 24.6. The molecule has 5 nitrogen and oxygen atoms in total. The lowest BCUT2D eigenvalue weighted by atomic mass is 10.0. The Morgan fingerprint density at radius 2 is 0.800 bits per heavy atom. The second-order valence-electron chi connectivity index (χ2n) is 14.4.